The Balaban J connectivity index is 0.993. The van der Waals surface area contributed by atoms with Crippen molar-refractivity contribution in [1.29, 1.82) is 0 Å². The number of furan rings is 1. The van der Waals surface area contributed by atoms with Gasteiger partial charge in [-0.25, -0.2) is 4.98 Å². The van der Waals surface area contributed by atoms with E-state index in [1.54, 1.807) is 22.8 Å². The summed E-state index contributed by atoms with van der Waals surface area (Å²) < 4.78 is 108. The summed E-state index contributed by atoms with van der Waals surface area (Å²) in [5, 5.41) is 3.70. The van der Waals surface area contributed by atoms with Crippen LogP contribution >= 0.6 is 0 Å². The summed E-state index contributed by atoms with van der Waals surface area (Å²) in [6.07, 6.45) is 5.41. The van der Waals surface area contributed by atoms with Gasteiger partial charge in [-0.15, -0.1) is 0 Å². The van der Waals surface area contributed by atoms with Gasteiger partial charge in [0.15, 0.2) is 0 Å². The van der Waals surface area contributed by atoms with Crippen molar-refractivity contribution in [3.8, 4) is 73.2 Å². The second kappa shape index (κ2) is 18.0. The lowest BCUT2D eigenvalue weighted by Gasteiger charge is -2.20. The van der Waals surface area contributed by atoms with Gasteiger partial charge in [-0.3, -0.25) is 13.7 Å². The van der Waals surface area contributed by atoms with Crippen LogP contribution in [0.4, 0.5) is 0 Å². The normalized spacial score (nSPS) is 13.7. The standard InChI is InChI=1S/C70H50N4O2/c1-70(2,3)51-36-37-71-67(40-51)74-61-42-54(34-35-58(61)68-59(49-26-14-7-15-27-49)38-50(39-64(68)74)46-20-8-4-9-21-46)75-53-29-18-28-52(41-53)72-45-73(63-44-66-60(43-62(63)72)57-30-16-17-33-65(57)76-66)69-55(47-22-10-5-11-23-47)31-19-32-56(69)48-24-12-6-13-25-48/h4-44H,1-3H3/i5D,6D,10D,11D,12D,13D,22D,23D,24D,25D. The van der Waals surface area contributed by atoms with Crippen molar-refractivity contribution in [3.63, 3.8) is 0 Å². The molecule has 4 aromatic heterocycles. The van der Waals surface area contributed by atoms with Crippen LogP contribution in [0.5, 0.6) is 11.5 Å². The molecule has 0 aliphatic heterocycles. The van der Waals surface area contributed by atoms with Gasteiger partial charge in [-0.05, 0) is 128 Å². The molecule has 14 aromatic rings. The molecular formula is C70H50N4O2. The monoisotopic (exact) mass is 988 g/mol. The molecule has 0 aliphatic rings. The third kappa shape index (κ3) is 7.73. The van der Waals surface area contributed by atoms with E-state index in [2.05, 4.69) is 111 Å². The van der Waals surface area contributed by atoms with Gasteiger partial charge in [0.25, 0.3) is 6.33 Å². The molecule has 6 heteroatoms. The van der Waals surface area contributed by atoms with Gasteiger partial charge in [0.2, 0.25) is 0 Å². The van der Waals surface area contributed by atoms with Gasteiger partial charge in [-0.1, -0.05) is 184 Å². The first-order valence-corrected chi connectivity index (χ1v) is 25.0. The fraction of sp³-hybridized carbons (Fsp3) is 0.0571. The quantitative estimate of drug-likeness (QED) is 0.107. The fourth-order valence-corrected chi connectivity index (χ4v) is 10.5. The number of pyridine rings is 1. The maximum Gasteiger partial charge on any atom is 0.269 e. The lowest BCUT2D eigenvalue weighted by Crippen LogP contribution is -2.31. The van der Waals surface area contributed by atoms with E-state index < -0.39 is 60.4 Å². The molecule has 76 heavy (non-hydrogen) atoms. The molecule has 6 nitrogen and oxygen atoms in total. The van der Waals surface area contributed by atoms with E-state index >= 15 is 0 Å². The van der Waals surface area contributed by atoms with E-state index in [4.69, 9.17) is 22.4 Å². The van der Waals surface area contributed by atoms with Gasteiger partial charge in [-0.2, -0.15) is 0 Å². The molecular weight excluding hydrogens is 929 g/mol. The molecule has 0 unspecified atom stereocenters. The summed E-state index contributed by atoms with van der Waals surface area (Å²) in [6.45, 7) is 6.58. The Hall–Kier alpha value is -9.78. The van der Waals surface area contributed by atoms with Crippen molar-refractivity contribution < 1.29 is 27.4 Å². The van der Waals surface area contributed by atoms with Crippen LogP contribution in [0.25, 0.3) is 116 Å². The van der Waals surface area contributed by atoms with E-state index in [-0.39, 0.29) is 33.4 Å². The van der Waals surface area contributed by atoms with E-state index in [9.17, 15) is 5.48 Å². The number of benzene rings is 10. The molecule has 10 aromatic carbocycles. The first-order chi connectivity index (χ1) is 41.4. The van der Waals surface area contributed by atoms with E-state index in [1.807, 2.05) is 95.7 Å². The molecule has 0 bridgehead atoms. The topological polar surface area (TPSA) is 49.0 Å². The molecule has 0 spiro atoms. The Kier molecular flexibility index (Phi) is 8.38. The first-order valence-electron chi connectivity index (χ1n) is 30.0. The number of aromatic nitrogens is 4. The lowest BCUT2D eigenvalue weighted by molar-refractivity contribution is -0.571. The van der Waals surface area contributed by atoms with Gasteiger partial charge in [0.05, 0.1) is 47.1 Å². The van der Waals surface area contributed by atoms with Gasteiger partial charge < -0.3 is 9.15 Å². The van der Waals surface area contributed by atoms with E-state index in [0.29, 0.717) is 39.4 Å². The van der Waals surface area contributed by atoms with Crippen molar-refractivity contribution in [2.24, 2.45) is 0 Å². The Morgan fingerprint density at radius 2 is 1.20 bits per heavy atom. The fourth-order valence-electron chi connectivity index (χ4n) is 10.5. The van der Waals surface area contributed by atoms with Crippen LogP contribution in [0.2, 0.25) is 0 Å². The van der Waals surface area contributed by atoms with Crippen LogP contribution in [0.1, 0.15) is 40.0 Å². The molecule has 0 saturated heterocycles. The molecule has 0 atom stereocenters. The SMILES string of the molecule is [2H]c1c([2H])c([2H])c(-c2cccc(-c3c([2H])c([2H])c([2H])c([2H])c3[2H])c2-[n+]2[c-]n(-c3cccc(Oc4ccc5c6c(-c7ccccc7)cc(-c7ccccc7)cc6n(-c6cc(C(C)(C)C)ccn6)c5c4)c3)c3cc4c(cc32)oc2ccccc24)c([2H])c1[2H]. The number of fused-ring (bicyclic) bond motifs is 7. The van der Waals surface area contributed by atoms with Crippen molar-refractivity contribution in [2.45, 2.75) is 26.2 Å². The molecule has 0 saturated carbocycles. The molecule has 362 valence electrons. The second-order valence-electron chi connectivity index (χ2n) is 19.8. The highest BCUT2D eigenvalue weighted by atomic mass is 16.5. The average Bonchev–Trinajstić information content (AvgIpc) is 1.57. The summed E-state index contributed by atoms with van der Waals surface area (Å²) >= 11 is 0. The van der Waals surface area contributed by atoms with Crippen LogP contribution in [-0.4, -0.2) is 14.1 Å². The largest absolute Gasteiger partial charge is 0.458 e. The number of ether oxygens (including phenoxy) is 1. The van der Waals surface area contributed by atoms with Crippen LogP contribution in [0, 0.1) is 6.33 Å². The van der Waals surface area contributed by atoms with Crippen molar-refractivity contribution >= 4 is 54.8 Å². The summed E-state index contributed by atoms with van der Waals surface area (Å²) in [5.41, 5.74) is 9.91. The minimum atomic E-state index is -0.586. The molecule has 0 N–H and O–H groups in total. The average molecular weight is 989 g/mol. The zero-order valence-corrected chi connectivity index (χ0v) is 41.5. The molecule has 0 radical (unpaired) electrons. The molecule has 0 fully saturated rings. The number of rotatable bonds is 9. The number of imidazole rings is 1. The zero-order valence-electron chi connectivity index (χ0n) is 51.5. The highest BCUT2D eigenvalue weighted by Crippen LogP contribution is 2.44. The summed E-state index contributed by atoms with van der Waals surface area (Å²) in [5.74, 6) is 1.78. The summed E-state index contributed by atoms with van der Waals surface area (Å²) in [6, 6.07) is 54.0. The van der Waals surface area contributed by atoms with E-state index in [1.165, 1.54) is 0 Å². The Morgan fingerprint density at radius 1 is 0.513 bits per heavy atom. The third-order valence-corrected chi connectivity index (χ3v) is 14.1. The highest BCUT2D eigenvalue weighted by Gasteiger charge is 2.24. The maximum absolute atomic E-state index is 9.23. The number of hydrogen-bond donors (Lipinski definition) is 0. The Labute approximate surface area is 454 Å². The number of hydrogen-bond acceptors (Lipinski definition) is 3. The lowest BCUT2D eigenvalue weighted by atomic mass is 9.88. The minimum Gasteiger partial charge on any atom is -0.458 e. The van der Waals surface area contributed by atoms with Gasteiger partial charge in [0, 0.05) is 33.8 Å². The molecule has 14 rings (SSSR count). The summed E-state index contributed by atoms with van der Waals surface area (Å²) in [4.78, 5) is 5.05. The van der Waals surface area contributed by atoms with Gasteiger partial charge in [0.1, 0.15) is 28.5 Å². The number of nitrogens with zero attached hydrogens (tertiary/aromatic N) is 4. The smallest absolute Gasteiger partial charge is 0.269 e. The van der Waals surface area contributed by atoms with Crippen LogP contribution in [0.15, 0.2) is 253 Å². The predicted molar refractivity (Wildman–Crippen MR) is 310 cm³/mol. The minimum absolute atomic E-state index is 0.119. The zero-order chi connectivity index (χ0) is 59.6. The van der Waals surface area contributed by atoms with Crippen molar-refractivity contribution in [2.75, 3.05) is 0 Å². The molecule has 4 heterocycles. The Morgan fingerprint density at radius 3 is 1.93 bits per heavy atom. The van der Waals surface area contributed by atoms with Crippen molar-refractivity contribution in [1.82, 2.24) is 14.1 Å². The predicted octanol–water partition coefficient (Wildman–Crippen LogP) is 17.9. The number of para-hydroxylation sites is 2. The first kappa shape index (κ1) is 35.4. The highest BCUT2D eigenvalue weighted by molar-refractivity contribution is 6.17. The van der Waals surface area contributed by atoms with Gasteiger partial charge >= 0.3 is 0 Å². The molecule has 0 amide bonds. The molecule has 0 aliphatic carbocycles. The van der Waals surface area contributed by atoms with E-state index in [0.717, 1.165) is 66.2 Å². The summed E-state index contributed by atoms with van der Waals surface area (Å²) in [7, 11) is 0. The van der Waals surface area contributed by atoms with Crippen LogP contribution in [-0.2, 0) is 5.41 Å². The maximum atomic E-state index is 9.23. The van der Waals surface area contributed by atoms with Crippen molar-refractivity contribution in [3.05, 3.63) is 261 Å². The third-order valence-electron chi connectivity index (χ3n) is 14.1. The van der Waals surface area contributed by atoms with Crippen LogP contribution < -0.4 is 9.30 Å². The Bertz CT molecular complexity index is 5000. The second-order valence-corrected chi connectivity index (χ2v) is 19.8. The van der Waals surface area contributed by atoms with Crippen LogP contribution in [0.3, 0.4) is 0 Å².